The van der Waals surface area contributed by atoms with E-state index in [1.807, 2.05) is 260 Å². The number of aryl methyl sites for hydroxylation is 1. The highest BCUT2D eigenvalue weighted by molar-refractivity contribution is 6.34. The smallest absolute Gasteiger partial charge is 0.255 e. The standard InChI is InChI=1S/2C23H23N3O2.2C22H20ClN3O.C19H22ClN3O.CH4/c1-17(18-5-8-21(28-2)9-6-18)25-12-14-26(15-13-25)23(27)20-7-10-22-19(16-20)4-3-11-24-22;27-22(11-8-18-5-2-1-3-6-18)25-13-15-26(16-14-25)23(28)20-9-10-21-19(17-20)7-4-12-24-21;1-16(17-4-2-6-20(23)15-17)25-10-12-26(13-11-25)22(27)19-7-8-21-18(14-19)5-3-9-24-21;1-16(17-4-7-20(23)8-5-17)25-11-13-26(14-12-25)22(27)19-6-9-21-18(15-19)3-2-10-24-21;1-14(15-5-3-2-4-6-15)22-9-11-23(12-10-22)19(24)17-13-16(21)7-8-18(17)20;/h3-11,16H,1,12-15H2,2H3;1-7,9-10,12,17H,8,11,13-16H2;2-9,14-15H,1,10-13H2;2-10,15H,1,11-14H2;2-8,13-14H,9-12,21H2,1H3;1H4. The lowest BCUT2D eigenvalue weighted by Gasteiger charge is -2.38. The highest BCUT2D eigenvalue weighted by atomic mass is 35.5. The molecule has 0 bridgehead atoms. The van der Waals surface area contributed by atoms with Crippen molar-refractivity contribution in [3.8, 4) is 5.75 Å². The van der Waals surface area contributed by atoms with E-state index in [0.29, 0.717) is 140 Å². The fourth-order valence-electron chi connectivity index (χ4n) is 17.1. The average Bonchev–Trinajstić information content (AvgIpc) is 0.811. The maximum atomic E-state index is 12.9. The summed E-state index contributed by atoms with van der Waals surface area (Å²) in [7, 11) is 1.66. The van der Waals surface area contributed by atoms with Crippen molar-refractivity contribution in [1.82, 2.24) is 68.9 Å². The first-order chi connectivity index (χ1) is 65.1. The van der Waals surface area contributed by atoms with Gasteiger partial charge in [0.25, 0.3) is 29.5 Å². The topological polar surface area (TPSA) is 222 Å². The Labute approximate surface area is 804 Å². The van der Waals surface area contributed by atoms with E-state index in [4.69, 9.17) is 45.3 Å². The predicted octanol–water partition coefficient (Wildman–Crippen LogP) is 19.5. The van der Waals surface area contributed by atoms with Gasteiger partial charge in [0.1, 0.15) is 5.75 Å². The van der Waals surface area contributed by atoms with Crippen LogP contribution in [-0.4, -0.2) is 242 Å². The van der Waals surface area contributed by atoms with E-state index in [0.717, 1.165) is 142 Å². The van der Waals surface area contributed by atoms with Gasteiger partial charge < -0.3 is 54.6 Å². The lowest BCUT2D eigenvalue weighted by atomic mass is 10.1. The molecule has 2 N–H and O–H groups in total. The quantitative estimate of drug-likeness (QED) is 0.0837. The minimum Gasteiger partial charge on any atom is -0.497 e. The van der Waals surface area contributed by atoms with Crippen molar-refractivity contribution < 1.29 is 33.5 Å². The number of ether oxygens (including phenoxy) is 1. The number of fused-ring (bicyclic) bond motifs is 4. The molecule has 5 aliphatic rings. The van der Waals surface area contributed by atoms with Gasteiger partial charge in [-0.1, -0.05) is 171 Å². The minimum absolute atomic E-state index is 0. The monoisotopic (exact) mass is 1860 g/mol. The number of nitrogen functional groups attached to an aromatic ring is 1. The summed E-state index contributed by atoms with van der Waals surface area (Å²) in [4.78, 5) is 114. The molecule has 19 rings (SSSR count). The maximum Gasteiger partial charge on any atom is 0.255 e. The number of aromatic nitrogens is 4. The van der Waals surface area contributed by atoms with Crippen LogP contribution in [0.2, 0.25) is 15.1 Å². The zero-order valence-electron chi connectivity index (χ0n) is 75.4. The maximum absolute atomic E-state index is 12.9. The molecule has 1 atom stereocenters. The third-order valence-corrected chi connectivity index (χ3v) is 25.9. The van der Waals surface area contributed by atoms with Crippen LogP contribution >= 0.6 is 34.8 Å². The van der Waals surface area contributed by atoms with Crippen LogP contribution in [0, 0.1) is 0 Å². The van der Waals surface area contributed by atoms with Crippen molar-refractivity contribution in [2.24, 2.45) is 0 Å². The van der Waals surface area contributed by atoms with E-state index in [1.165, 1.54) is 11.1 Å². The van der Waals surface area contributed by atoms with Gasteiger partial charge in [0.15, 0.2) is 0 Å². The molecular weight excluding hydrogens is 1750 g/mol. The first-order valence-electron chi connectivity index (χ1n) is 45.1. The van der Waals surface area contributed by atoms with E-state index in [1.54, 1.807) is 50.1 Å². The summed E-state index contributed by atoms with van der Waals surface area (Å²) < 4.78 is 5.21. The Morgan fingerprint density at radius 2 is 0.689 bits per heavy atom. The van der Waals surface area contributed by atoms with Gasteiger partial charge in [-0.15, -0.1) is 0 Å². The Bertz CT molecular complexity index is 6520. The number of halogens is 3. The number of nitrogens with zero attached hydrogens (tertiary/aromatic N) is 14. The van der Waals surface area contributed by atoms with Gasteiger partial charge in [-0.2, -0.15) is 0 Å². The highest BCUT2D eigenvalue weighted by Crippen LogP contribution is 2.31. The molecule has 5 saturated heterocycles. The molecule has 5 aliphatic heterocycles. The molecule has 25 heteroatoms. The average molecular weight is 1860 g/mol. The molecule has 4 aromatic heterocycles. The second kappa shape index (κ2) is 46.4. The van der Waals surface area contributed by atoms with Gasteiger partial charge in [-0.25, -0.2) is 0 Å². The number of methoxy groups -OCH3 is 1. The number of hydrogen-bond donors (Lipinski definition) is 1. The molecule has 0 saturated carbocycles. The Morgan fingerprint density at radius 1 is 0.341 bits per heavy atom. The number of rotatable bonds is 17. The van der Waals surface area contributed by atoms with Gasteiger partial charge in [0, 0.05) is 245 Å². The van der Waals surface area contributed by atoms with Crippen LogP contribution in [0.4, 0.5) is 5.69 Å². The molecule has 0 spiro atoms. The minimum atomic E-state index is -0.0423. The first kappa shape index (κ1) is 96.8. The molecule has 1 unspecified atom stereocenters. The predicted molar refractivity (Wildman–Crippen MR) is 545 cm³/mol. The molecule has 5 fully saturated rings. The summed E-state index contributed by atoms with van der Waals surface area (Å²) in [5.41, 5.74) is 21.7. The number of piperazine rings is 5. The lowest BCUT2D eigenvalue weighted by Crippen LogP contribution is -2.50. The molecule has 690 valence electrons. The Balaban J connectivity index is 0.000000135. The third kappa shape index (κ3) is 25.0. The van der Waals surface area contributed by atoms with Gasteiger partial charge in [-0.05, 0) is 205 Å². The van der Waals surface area contributed by atoms with Crippen LogP contribution in [0.1, 0.15) is 106 Å². The van der Waals surface area contributed by atoms with Gasteiger partial charge in [0.05, 0.1) is 39.8 Å². The van der Waals surface area contributed by atoms with Gasteiger partial charge >= 0.3 is 0 Å². The Kier molecular flexibility index (Phi) is 33.2. The van der Waals surface area contributed by atoms with Crippen molar-refractivity contribution in [2.75, 3.05) is 144 Å². The number of pyridine rings is 4. The second-order valence-electron chi connectivity index (χ2n) is 33.4. The van der Waals surface area contributed by atoms with E-state index >= 15 is 0 Å². The van der Waals surface area contributed by atoms with Crippen LogP contribution in [0.3, 0.4) is 0 Å². The summed E-state index contributed by atoms with van der Waals surface area (Å²) in [6, 6.07) is 87.3. The third-order valence-electron chi connectivity index (χ3n) is 25.0. The summed E-state index contributed by atoms with van der Waals surface area (Å²) in [6.45, 7) is 28.9. The molecule has 0 radical (unpaired) electrons. The summed E-state index contributed by atoms with van der Waals surface area (Å²) in [5.74, 6) is 1.17. The highest BCUT2D eigenvalue weighted by Gasteiger charge is 2.31. The van der Waals surface area contributed by atoms with Crippen molar-refractivity contribution in [3.05, 3.63) is 388 Å². The van der Waals surface area contributed by atoms with Crippen molar-refractivity contribution in [3.63, 3.8) is 0 Å². The molecule has 6 amide bonds. The number of carbonyl (C=O) groups excluding carboxylic acids is 6. The second-order valence-corrected chi connectivity index (χ2v) is 34.7. The van der Waals surface area contributed by atoms with Crippen LogP contribution in [-0.2, 0) is 11.2 Å². The number of amides is 6. The lowest BCUT2D eigenvalue weighted by molar-refractivity contribution is -0.132. The zero-order chi connectivity index (χ0) is 93.6. The summed E-state index contributed by atoms with van der Waals surface area (Å²) in [6.07, 6.45) is 8.29. The summed E-state index contributed by atoms with van der Waals surface area (Å²) in [5, 5.41) is 5.78. The van der Waals surface area contributed by atoms with E-state index in [-0.39, 0.29) is 42.9 Å². The zero-order valence-corrected chi connectivity index (χ0v) is 77.6. The fourth-order valence-corrected chi connectivity index (χ4v) is 17.6. The molecule has 14 aromatic rings. The van der Waals surface area contributed by atoms with Crippen molar-refractivity contribution in [1.29, 1.82) is 0 Å². The van der Waals surface area contributed by atoms with Gasteiger partial charge in [-0.3, -0.25) is 53.6 Å². The van der Waals surface area contributed by atoms with E-state index in [2.05, 4.69) is 90.5 Å². The van der Waals surface area contributed by atoms with E-state index in [9.17, 15) is 28.8 Å². The normalized spacial score (nSPS) is 14.7. The van der Waals surface area contributed by atoms with Crippen LogP contribution < -0.4 is 10.5 Å². The number of nitrogens with two attached hydrogens (primary N) is 1. The number of benzene rings is 10. The number of hydrogen-bond acceptors (Lipinski definition) is 16. The van der Waals surface area contributed by atoms with E-state index < -0.39 is 0 Å². The van der Waals surface area contributed by atoms with Crippen molar-refractivity contribution >= 4 is 137 Å². The molecular formula is C110H112Cl3N15O7. The van der Waals surface area contributed by atoms with Crippen LogP contribution in [0.25, 0.3) is 60.7 Å². The van der Waals surface area contributed by atoms with Crippen LogP contribution in [0.5, 0.6) is 5.75 Å². The molecule has 10 aromatic carbocycles. The largest absolute Gasteiger partial charge is 0.497 e. The molecule has 135 heavy (non-hydrogen) atoms. The van der Waals surface area contributed by atoms with Gasteiger partial charge in [0.2, 0.25) is 5.91 Å². The molecule has 9 heterocycles. The fraction of sp³-hybridized carbons (Fsp3) is 0.236. The van der Waals surface area contributed by atoms with Crippen LogP contribution in [0.15, 0.2) is 318 Å². The number of carbonyl (C=O) groups is 6. The summed E-state index contributed by atoms with van der Waals surface area (Å²) >= 11 is 18.2. The van der Waals surface area contributed by atoms with Crippen molar-refractivity contribution in [2.45, 2.75) is 33.2 Å². The number of anilines is 1. The molecule has 0 aliphatic carbocycles. The SMILES string of the molecule is C.C=C(c1ccc(Cl)cc1)N1CCN(C(=O)c2ccc3ncccc3c2)CC1.C=C(c1ccc(OC)cc1)N1CCN(C(=O)c2ccc3ncccc3c2)CC1.C=C(c1cccc(Cl)c1)N1CCN(C(=O)c2ccc3ncccc3c2)CC1.CC(c1ccccc1)N1CCN(C(=O)c2cc(N)ccc2Cl)CC1.O=C(CCc1ccccc1)N1CCN(C(=O)c2ccc3ncccc3c2)CC1. The Morgan fingerprint density at radius 3 is 1.08 bits per heavy atom. The first-order valence-corrected chi connectivity index (χ1v) is 46.3. The Hall–Kier alpha value is -14.3. The molecule has 22 nitrogen and oxygen atoms in total.